The molecule has 0 saturated heterocycles. The Morgan fingerprint density at radius 3 is 2.71 bits per heavy atom. The van der Waals surface area contributed by atoms with Crippen molar-refractivity contribution >= 4 is 32.5 Å². The molecular weight excluding hydrogens is 378 g/mol. The zero-order valence-corrected chi connectivity index (χ0v) is 16.0. The molecule has 0 atom stereocenters. The summed E-state index contributed by atoms with van der Waals surface area (Å²) in [6.07, 6.45) is 0.704. The monoisotopic (exact) mass is 397 g/mol. The molecule has 0 saturated carbocycles. The van der Waals surface area contributed by atoms with Gasteiger partial charge < -0.3 is 10.3 Å². The molecule has 0 radical (unpaired) electrons. The predicted molar refractivity (Wildman–Crippen MR) is 107 cm³/mol. The average molecular weight is 397 g/mol. The quantitative estimate of drug-likeness (QED) is 0.611. The molecule has 0 unspecified atom stereocenters. The van der Waals surface area contributed by atoms with Gasteiger partial charge in [-0.3, -0.25) is 9.59 Å². The van der Waals surface area contributed by atoms with Gasteiger partial charge in [0.15, 0.2) is 0 Å². The molecule has 3 N–H and O–H groups in total. The van der Waals surface area contributed by atoms with E-state index in [1.54, 1.807) is 13.0 Å². The van der Waals surface area contributed by atoms with Crippen LogP contribution in [0.4, 0.5) is 5.69 Å². The molecule has 0 bridgehead atoms. The Morgan fingerprint density at radius 2 is 1.89 bits per heavy atom. The van der Waals surface area contributed by atoms with Crippen LogP contribution in [0.3, 0.4) is 0 Å². The van der Waals surface area contributed by atoms with Gasteiger partial charge in [-0.15, -0.1) is 0 Å². The van der Waals surface area contributed by atoms with Crippen LogP contribution in [-0.2, 0) is 27.7 Å². The number of hydrogen-bond donors (Lipinski definition) is 3. The number of carbonyl (C=O) groups is 1. The van der Waals surface area contributed by atoms with E-state index in [1.807, 2.05) is 24.3 Å². The summed E-state index contributed by atoms with van der Waals surface area (Å²) in [6.45, 7) is 1.99. The maximum atomic E-state index is 12.5. The molecule has 28 heavy (non-hydrogen) atoms. The van der Waals surface area contributed by atoms with Crippen LogP contribution in [0.1, 0.15) is 16.7 Å². The van der Waals surface area contributed by atoms with E-state index in [9.17, 15) is 18.0 Å². The zero-order valence-electron chi connectivity index (χ0n) is 15.2. The number of aromatic amines is 1. The molecule has 1 aromatic heterocycles. The van der Waals surface area contributed by atoms with Crippen molar-refractivity contribution in [3.8, 4) is 0 Å². The van der Waals surface area contributed by atoms with Crippen LogP contribution >= 0.6 is 0 Å². The van der Waals surface area contributed by atoms with Gasteiger partial charge in [-0.1, -0.05) is 6.07 Å². The molecule has 8 heteroatoms. The van der Waals surface area contributed by atoms with Gasteiger partial charge in [-0.2, -0.15) is 0 Å². The van der Waals surface area contributed by atoms with Gasteiger partial charge in [0.2, 0.25) is 15.9 Å². The molecule has 7 nitrogen and oxygen atoms in total. The van der Waals surface area contributed by atoms with Crippen LogP contribution in [0.15, 0.2) is 52.2 Å². The van der Waals surface area contributed by atoms with Crippen molar-refractivity contribution in [1.29, 1.82) is 0 Å². The van der Waals surface area contributed by atoms with Crippen LogP contribution in [0.25, 0.3) is 10.9 Å². The Morgan fingerprint density at radius 1 is 1.07 bits per heavy atom. The second-order valence-electron chi connectivity index (χ2n) is 6.89. The fourth-order valence-corrected chi connectivity index (χ4v) is 4.39. The second-order valence-corrected chi connectivity index (χ2v) is 8.66. The number of sulfonamides is 1. The van der Waals surface area contributed by atoms with E-state index in [0.29, 0.717) is 23.2 Å². The predicted octanol–water partition coefficient (Wildman–Crippen LogP) is 1.85. The molecular formula is C20H19N3O4S. The van der Waals surface area contributed by atoms with Crippen molar-refractivity contribution in [2.45, 2.75) is 24.7 Å². The lowest BCUT2D eigenvalue weighted by Gasteiger charge is -2.09. The maximum absolute atomic E-state index is 12.5. The number of hydrogen-bond acceptors (Lipinski definition) is 4. The lowest BCUT2D eigenvalue weighted by molar-refractivity contribution is -0.115. The summed E-state index contributed by atoms with van der Waals surface area (Å²) in [7, 11) is -3.66. The number of amides is 1. The molecule has 1 aliphatic heterocycles. The van der Waals surface area contributed by atoms with Crippen LogP contribution in [-0.4, -0.2) is 25.9 Å². The molecule has 1 aliphatic rings. The molecule has 4 rings (SSSR count). The van der Waals surface area contributed by atoms with E-state index in [1.165, 1.54) is 12.1 Å². The minimum atomic E-state index is -3.66. The van der Waals surface area contributed by atoms with Crippen molar-refractivity contribution in [3.05, 3.63) is 69.5 Å². The number of aryl methyl sites for hydroxylation is 1. The lowest BCUT2D eigenvalue weighted by atomic mass is 10.1. The number of fused-ring (bicyclic) bond motifs is 2. The minimum Gasteiger partial charge on any atom is -0.326 e. The minimum absolute atomic E-state index is 0.112. The molecule has 0 spiro atoms. The largest absolute Gasteiger partial charge is 0.326 e. The highest BCUT2D eigenvalue weighted by Crippen LogP contribution is 2.25. The Hall–Kier alpha value is -2.97. The number of aromatic nitrogens is 1. The summed E-state index contributed by atoms with van der Waals surface area (Å²) in [5, 5.41) is 3.60. The number of benzene rings is 2. The molecule has 2 aromatic carbocycles. The van der Waals surface area contributed by atoms with E-state index in [4.69, 9.17) is 0 Å². The van der Waals surface area contributed by atoms with Crippen molar-refractivity contribution < 1.29 is 13.2 Å². The SMILES string of the molecule is Cc1cc2cc(CCNS(=O)(=O)c3ccc4c(c3)CC(=O)N4)ccc2[nH]c1=O. The smallest absolute Gasteiger partial charge is 0.251 e. The van der Waals surface area contributed by atoms with E-state index in [-0.39, 0.29) is 29.3 Å². The Labute approximate surface area is 161 Å². The molecule has 0 fully saturated rings. The summed E-state index contributed by atoms with van der Waals surface area (Å²) in [5.74, 6) is -0.134. The topological polar surface area (TPSA) is 108 Å². The van der Waals surface area contributed by atoms with E-state index < -0.39 is 10.0 Å². The summed E-state index contributed by atoms with van der Waals surface area (Å²) in [5.41, 5.74) is 3.58. The van der Waals surface area contributed by atoms with Crippen LogP contribution < -0.4 is 15.6 Å². The lowest BCUT2D eigenvalue weighted by Crippen LogP contribution is -2.26. The van der Waals surface area contributed by atoms with Gasteiger partial charge in [0.05, 0.1) is 11.3 Å². The number of pyridine rings is 1. The number of nitrogens with one attached hydrogen (secondary N) is 3. The third-order valence-electron chi connectivity index (χ3n) is 4.81. The van der Waals surface area contributed by atoms with E-state index in [2.05, 4.69) is 15.0 Å². The average Bonchev–Trinajstić information content (AvgIpc) is 3.02. The molecule has 2 heterocycles. The standard InChI is InChI=1S/C20H19N3O4S/c1-12-8-14-9-13(2-4-18(14)23-20(12)25)6-7-21-28(26,27)16-3-5-17-15(10-16)11-19(24)22-17/h2-5,8-10,21H,6-7,11H2,1H3,(H,22,24)(H,23,25). The van der Waals surface area contributed by atoms with Crippen molar-refractivity contribution in [2.75, 3.05) is 11.9 Å². The third kappa shape index (κ3) is 3.56. The molecule has 1 amide bonds. The Bertz CT molecular complexity index is 1260. The fourth-order valence-electron chi connectivity index (χ4n) is 3.31. The highest BCUT2D eigenvalue weighted by atomic mass is 32.2. The first-order valence-corrected chi connectivity index (χ1v) is 10.4. The number of anilines is 1. The van der Waals surface area contributed by atoms with Gasteiger partial charge in [0.1, 0.15) is 0 Å². The second kappa shape index (κ2) is 6.88. The highest BCUT2D eigenvalue weighted by Gasteiger charge is 2.21. The van der Waals surface area contributed by atoms with Gasteiger partial charge >= 0.3 is 0 Å². The fraction of sp³-hybridized carbons (Fsp3) is 0.200. The maximum Gasteiger partial charge on any atom is 0.251 e. The number of H-pyrrole nitrogens is 1. The van der Waals surface area contributed by atoms with Gasteiger partial charge in [-0.25, -0.2) is 13.1 Å². The first kappa shape index (κ1) is 18.4. The summed E-state index contributed by atoms with van der Waals surface area (Å²) < 4.78 is 27.7. The normalized spacial score (nSPS) is 13.5. The number of carbonyl (C=O) groups excluding carboxylic acids is 1. The van der Waals surface area contributed by atoms with Gasteiger partial charge in [0.25, 0.3) is 5.56 Å². The molecule has 144 valence electrons. The van der Waals surface area contributed by atoms with E-state index >= 15 is 0 Å². The molecule has 0 aliphatic carbocycles. The Balaban J connectivity index is 1.46. The first-order chi connectivity index (χ1) is 13.3. The van der Waals surface area contributed by atoms with Gasteiger partial charge in [-0.05, 0) is 66.3 Å². The van der Waals surface area contributed by atoms with Crippen LogP contribution in [0, 0.1) is 6.92 Å². The summed E-state index contributed by atoms with van der Waals surface area (Å²) in [6, 6.07) is 12.1. The van der Waals surface area contributed by atoms with Crippen molar-refractivity contribution in [2.24, 2.45) is 0 Å². The van der Waals surface area contributed by atoms with E-state index in [0.717, 1.165) is 16.5 Å². The van der Waals surface area contributed by atoms with Crippen molar-refractivity contribution in [3.63, 3.8) is 0 Å². The van der Waals surface area contributed by atoms with Crippen molar-refractivity contribution in [1.82, 2.24) is 9.71 Å². The summed E-state index contributed by atoms with van der Waals surface area (Å²) >= 11 is 0. The highest BCUT2D eigenvalue weighted by molar-refractivity contribution is 7.89. The van der Waals surface area contributed by atoms with Gasteiger partial charge in [0, 0.05) is 23.3 Å². The zero-order chi connectivity index (χ0) is 19.9. The Kier molecular flexibility index (Phi) is 4.52. The molecule has 3 aromatic rings. The number of rotatable bonds is 5. The van der Waals surface area contributed by atoms with Crippen LogP contribution in [0.2, 0.25) is 0 Å². The summed E-state index contributed by atoms with van der Waals surface area (Å²) in [4.78, 5) is 26.1. The van der Waals surface area contributed by atoms with Crippen LogP contribution in [0.5, 0.6) is 0 Å². The third-order valence-corrected chi connectivity index (χ3v) is 6.27. The first-order valence-electron chi connectivity index (χ1n) is 8.87.